The zero-order valence-corrected chi connectivity index (χ0v) is 25.3. The molecule has 0 spiro atoms. The first kappa shape index (κ1) is 30.4. The second-order valence-corrected chi connectivity index (χ2v) is 14.8. The molecule has 7 rings (SSSR count). The largest absolute Gasteiger partial charge is 0.387 e. The van der Waals surface area contributed by atoms with E-state index in [1.54, 1.807) is 0 Å². The van der Waals surface area contributed by atoms with Crippen LogP contribution in [0.15, 0.2) is 23.8 Å². The Morgan fingerprint density at radius 2 is 1.47 bits per heavy atom. The van der Waals surface area contributed by atoms with Gasteiger partial charge in [-0.05, 0) is 0 Å². The van der Waals surface area contributed by atoms with Crippen LogP contribution < -0.4 is 17.0 Å². The number of nitrogens with zero attached hydrogens (tertiary/aromatic N) is 7. The van der Waals surface area contributed by atoms with Crippen molar-refractivity contribution in [3.63, 3.8) is 0 Å². The first-order valence-electron chi connectivity index (χ1n) is 13.5. The molecule has 21 nitrogen and oxygen atoms in total. The van der Waals surface area contributed by atoms with Gasteiger partial charge in [-0.15, -0.1) is 0 Å². The molecule has 0 radical (unpaired) electrons. The number of anilines is 2. The van der Waals surface area contributed by atoms with Crippen molar-refractivity contribution in [3.8, 4) is 0 Å². The fraction of sp³-hybridized carbons (Fsp3) is 0.500. The number of fused-ring (bicyclic) bond motifs is 5. The molecule has 2 unspecified atom stereocenters. The van der Waals surface area contributed by atoms with Gasteiger partial charge < -0.3 is 49.2 Å². The van der Waals surface area contributed by atoms with E-state index >= 15 is 0 Å². The number of nitrogens with one attached hydrogen (secondary N) is 1. The van der Waals surface area contributed by atoms with E-state index in [1.165, 1.54) is 43.2 Å². The van der Waals surface area contributed by atoms with Gasteiger partial charge in [-0.2, -0.15) is 4.98 Å². The first-order chi connectivity index (χ1) is 21.3. The van der Waals surface area contributed by atoms with Gasteiger partial charge >= 0.3 is 0 Å². The molecular weight excluding hydrogens is 640 g/mol. The molecule has 238 valence electrons. The minimum atomic E-state index is -4.05. The lowest BCUT2D eigenvalue weighted by atomic mass is 10.1. The van der Waals surface area contributed by atoms with Crippen LogP contribution >= 0.6 is 14.9 Å². The molecule has 0 saturated carbocycles. The minimum Gasteiger partial charge on any atom is -0.387 e. The Labute approximate surface area is 253 Å². The van der Waals surface area contributed by atoms with Crippen LogP contribution in [-0.4, -0.2) is 114 Å². The molecule has 0 aromatic carbocycles. The number of aromatic amines is 1. The summed E-state index contributed by atoms with van der Waals surface area (Å²) < 4.78 is 64.9. The second kappa shape index (κ2) is 10.9. The highest BCUT2D eigenvalue weighted by Crippen LogP contribution is 2.53. The second-order valence-electron chi connectivity index (χ2n) is 10.7. The van der Waals surface area contributed by atoms with Gasteiger partial charge in [-0.1, -0.05) is 0 Å². The number of nitrogen functional groups attached to an aromatic ring is 2. The predicted molar refractivity (Wildman–Crippen MR) is 156 cm³/mol. The zero-order valence-electron chi connectivity index (χ0n) is 23.5. The number of hydrogen-bond acceptors (Lipinski definition) is 18. The summed E-state index contributed by atoms with van der Waals surface area (Å²) in [6.07, 6.45) is -6.66. The molecule has 3 aliphatic rings. The quantitative estimate of drug-likeness (QED) is 0.105. The molecule has 0 aliphatic carbocycles. The van der Waals surface area contributed by atoms with Crippen molar-refractivity contribution in [2.24, 2.45) is 0 Å². The number of aliphatic hydroxyl groups is 2. The van der Waals surface area contributed by atoms with Crippen LogP contribution in [0.4, 0.5) is 11.8 Å². The average molecular weight is 666 g/mol. The summed E-state index contributed by atoms with van der Waals surface area (Å²) >= 11 is 0. The Kier molecular flexibility index (Phi) is 7.40. The molecule has 10 atom stereocenters. The van der Waals surface area contributed by atoms with Gasteiger partial charge in [0.1, 0.15) is 48.5 Å². The fourth-order valence-corrected chi connectivity index (χ4v) is 7.84. The van der Waals surface area contributed by atoms with Crippen molar-refractivity contribution in [1.29, 1.82) is 0 Å². The van der Waals surface area contributed by atoms with Gasteiger partial charge in [0.2, 0.25) is 5.95 Å². The molecular formula is C20H26B2N10O11P2. The maximum atomic E-state index is 13.7. The molecule has 0 amide bonds. The van der Waals surface area contributed by atoms with Crippen LogP contribution in [-0.2, 0) is 36.7 Å². The Balaban J connectivity index is 1.21. The SMILES string of the molecule is B[P@@]1(=O)OCC2O[C@@H](n3cnc4c(=O)[nH]c(N)nc43)[C@@H](O[P@](B)(=O)OC[C@H]3OC(n4cnc5c(N)ncnc54)[C@@H](O)[C@H]3O1)[C@H]2O. The first-order valence-corrected chi connectivity index (χ1v) is 17.4. The number of aliphatic hydroxyl groups excluding tert-OH is 2. The summed E-state index contributed by atoms with van der Waals surface area (Å²) in [6, 6.07) is 0. The van der Waals surface area contributed by atoms with E-state index in [0.29, 0.717) is 0 Å². The van der Waals surface area contributed by atoms with Gasteiger partial charge in [-0.25, -0.2) is 19.9 Å². The van der Waals surface area contributed by atoms with Gasteiger partial charge in [0.15, 0.2) is 35.1 Å². The van der Waals surface area contributed by atoms with Crippen molar-refractivity contribution in [2.75, 3.05) is 24.7 Å². The van der Waals surface area contributed by atoms with E-state index < -0.39 is 82.8 Å². The number of aromatic nitrogens is 8. The van der Waals surface area contributed by atoms with Crippen molar-refractivity contribution in [1.82, 2.24) is 39.0 Å². The minimum absolute atomic E-state index is 0.00219. The molecule has 4 aromatic rings. The van der Waals surface area contributed by atoms with Crippen molar-refractivity contribution in [2.45, 2.75) is 49.1 Å². The maximum absolute atomic E-state index is 13.7. The highest BCUT2D eigenvalue weighted by Gasteiger charge is 2.52. The lowest BCUT2D eigenvalue weighted by molar-refractivity contribution is -0.0578. The number of hydrogen-bond donors (Lipinski definition) is 5. The third kappa shape index (κ3) is 5.38. The van der Waals surface area contributed by atoms with Crippen molar-refractivity contribution < 1.29 is 46.9 Å². The monoisotopic (exact) mass is 666 g/mol. The van der Waals surface area contributed by atoms with E-state index in [0.717, 1.165) is 0 Å². The number of rotatable bonds is 2. The van der Waals surface area contributed by atoms with Gasteiger partial charge in [-0.3, -0.25) is 28.0 Å². The number of H-pyrrole nitrogens is 1. The van der Waals surface area contributed by atoms with E-state index in [2.05, 4.69) is 29.9 Å². The third-order valence-electron chi connectivity index (χ3n) is 7.58. The lowest BCUT2D eigenvalue weighted by Crippen LogP contribution is -2.36. The van der Waals surface area contributed by atoms with Gasteiger partial charge in [0.05, 0.1) is 25.9 Å². The van der Waals surface area contributed by atoms with E-state index in [-0.39, 0.29) is 34.1 Å². The van der Waals surface area contributed by atoms with Crippen LogP contribution in [0.25, 0.3) is 22.3 Å². The summed E-state index contributed by atoms with van der Waals surface area (Å²) in [4.78, 5) is 35.1. The maximum Gasteiger partial charge on any atom is 0.280 e. The number of ether oxygens (including phenoxy) is 2. The Morgan fingerprint density at radius 1 is 0.844 bits per heavy atom. The molecule has 25 heteroatoms. The van der Waals surface area contributed by atoms with Gasteiger partial charge in [0, 0.05) is 0 Å². The van der Waals surface area contributed by atoms with Gasteiger partial charge in [0.25, 0.3) is 35.6 Å². The van der Waals surface area contributed by atoms with Crippen LogP contribution in [0.1, 0.15) is 12.5 Å². The Morgan fingerprint density at radius 3 is 2.20 bits per heavy atom. The van der Waals surface area contributed by atoms with Crippen LogP contribution in [0.2, 0.25) is 0 Å². The summed E-state index contributed by atoms with van der Waals surface area (Å²) in [5.41, 5.74) is 11.4. The summed E-state index contributed by atoms with van der Waals surface area (Å²) in [6.45, 7) is -0.960. The van der Waals surface area contributed by atoms with E-state index in [4.69, 9.17) is 39.0 Å². The Hall–Kier alpha value is -3.23. The average Bonchev–Trinajstić information content (AvgIpc) is 3.72. The highest BCUT2D eigenvalue weighted by atomic mass is 31.2. The molecule has 45 heavy (non-hydrogen) atoms. The molecule has 4 aromatic heterocycles. The molecule has 2 bridgehead atoms. The molecule has 3 aliphatic heterocycles. The van der Waals surface area contributed by atoms with Crippen molar-refractivity contribution >= 4 is 64.2 Å². The Bertz CT molecular complexity index is 1940. The van der Waals surface area contributed by atoms with Crippen LogP contribution in [0, 0.1) is 0 Å². The lowest BCUT2D eigenvalue weighted by Gasteiger charge is -2.27. The van der Waals surface area contributed by atoms with Crippen LogP contribution in [0.5, 0.6) is 0 Å². The molecule has 3 fully saturated rings. The normalized spacial score (nSPS) is 37.6. The standard InChI is InChI=1S/C20H26B2N10O11P2/c21-44(36)38-1-6-10(33)13(19(40-6)32-5-28-9-16(32)29-20(24)30-17(9)35)43-45(22,37)39-2-7-12(42-44)11(34)18(41-7)31-4-27-8-14(23)25-3-26-15(8)31/h3-7,10-13,18-19,33-34H,1-2,21-22H2,(H2,23,25,26)(H3,24,29,30,35)/t6?,7-,10+,11+,12+,13+,18?,19-,44-,45-/m1/s1. The number of nitrogens with two attached hydrogens (primary N) is 2. The fourth-order valence-electron chi connectivity index (χ4n) is 5.51. The topological polar surface area (TPSA) is 289 Å². The smallest absolute Gasteiger partial charge is 0.280 e. The summed E-state index contributed by atoms with van der Waals surface area (Å²) in [7, 11) is -5.72. The zero-order chi connectivity index (χ0) is 31.8. The van der Waals surface area contributed by atoms with Crippen LogP contribution in [0.3, 0.4) is 0 Å². The number of imidazole rings is 2. The molecule has 7 N–H and O–H groups in total. The predicted octanol–water partition coefficient (Wildman–Crippen LogP) is -3.06. The van der Waals surface area contributed by atoms with Crippen molar-refractivity contribution in [3.05, 3.63) is 29.3 Å². The molecule has 7 heterocycles. The summed E-state index contributed by atoms with van der Waals surface area (Å²) in [5.74, 6) is -0.0944. The molecule has 3 saturated heterocycles. The third-order valence-corrected chi connectivity index (χ3v) is 10.1. The van der Waals surface area contributed by atoms with E-state index in [9.17, 15) is 24.1 Å². The highest BCUT2D eigenvalue weighted by molar-refractivity contribution is 7.79. The van der Waals surface area contributed by atoms with E-state index in [1.807, 2.05) is 0 Å². The summed E-state index contributed by atoms with van der Waals surface area (Å²) in [5, 5.41) is 22.5.